The third-order valence-electron chi connectivity index (χ3n) is 5.16. The van der Waals surface area contributed by atoms with Gasteiger partial charge in [0, 0.05) is 12.8 Å². The van der Waals surface area contributed by atoms with E-state index in [1.807, 2.05) is 0 Å². The molecule has 30 heavy (non-hydrogen) atoms. The fraction of sp³-hybridized carbons (Fsp3) is 0.875. The second-order valence-corrected chi connectivity index (χ2v) is 8.60. The Labute approximate surface area is 184 Å². The molecule has 0 saturated carbocycles. The van der Waals surface area contributed by atoms with Crippen molar-refractivity contribution in [3.63, 3.8) is 0 Å². The Bertz CT molecular complexity index is 466. The summed E-state index contributed by atoms with van der Waals surface area (Å²) < 4.78 is 5.16. The number of hydrogen-bond donors (Lipinski definition) is 2. The predicted octanol–water partition coefficient (Wildman–Crippen LogP) is 5.17. The fourth-order valence-corrected chi connectivity index (χ4v) is 3.42. The van der Waals surface area contributed by atoms with Crippen molar-refractivity contribution in [3.8, 4) is 0 Å². The van der Waals surface area contributed by atoms with Gasteiger partial charge in [-0.3, -0.25) is 9.59 Å². The number of primary amides is 1. The first-order valence-electron chi connectivity index (χ1n) is 12.1. The van der Waals surface area contributed by atoms with E-state index in [0.29, 0.717) is 6.42 Å². The molecule has 0 saturated heterocycles. The molecule has 0 rings (SSSR count). The van der Waals surface area contributed by atoms with Crippen molar-refractivity contribution in [3.05, 3.63) is 0 Å². The van der Waals surface area contributed by atoms with Crippen LogP contribution in [0, 0.1) is 0 Å². The van der Waals surface area contributed by atoms with Crippen LogP contribution < -0.4 is 11.1 Å². The van der Waals surface area contributed by atoms with Gasteiger partial charge < -0.3 is 15.8 Å². The number of nitrogens with one attached hydrogen (secondary N) is 1. The van der Waals surface area contributed by atoms with Gasteiger partial charge in [-0.1, -0.05) is 84.0 Å². The van der Waals surface area contributed by atoms with Gasteiger partial charge in [0.15, 0.2) is 0 Å². The van der Waals surface area contributed by atoms with Gasteiger partial charge in [-0.25, -0.2) is 4.79 Å². The molecule has 3 N–H and O–H groups in total. The molecule has 0 aromatic rings. The molecule has 0 aliphatic heterocycles. The van der Waals surface area contributed by atoms with Crippen LogP contribution in [0.4, 0.5) is 0 Å². The van der Waals surface area contributed by atoms with Crippen LogP contribution in [0.25, 0.3) is 0 Å². The van der Waals surface area contributed by atoms with Crippen molar-refractivity contribution in [1.29, 1.82) is 0 Å². The van der Waals surface area contributed by atoms with E-state index in [1.165, 1.54) is 64.2 Å². The fourth-order valence-electron chi connectivity index (χ4n) is 3.42. The van der Waals surface area contributed by atoms with E-state index < -0.39 is 17.9 Å². The number of esters is 1. The summed E-state index contributed by atoms with van der Waals surface area (Å²) in [4.78, 5) is 35.3. The predicted molar refractivity (Wildman–Crippen MR) is 122 cm³/mol. The summed E-state index contributed by atoms with van der Waals surface area (Å²) in [7, 11) is 0. The molecule has 0 aliphatic rings. The van der Waals surface area contributed by atoms with Crippen LogP contribution in [0.1, 0.15) is 124 Å². The number of hydrogen-bond acceptors (Lipinski definition) is 4. The number of amides is 2. The molecule has 0 aromatic heterocycles. The Kier molecular flexibility index (Phi) is 18.4. The zero-order chi connectivity index (χ0) is 22.6. The highest BCUT2D eigenvalue weighted by atomic mass is 16.5. The first kappa shape index (κ1) is 28.4. The molecule has 6 heteroatoms. The molecule has 0 aromatic carbocycles. The summed E-state index contributed by atoms with van der Waals surface area (Å²) in [5.74, 6) is -1.18. The smallest absolute Gasteiger partial charge is 0.328 e. The second kappa shape index (κ2) is 19.4. The Hall–Kier alpha value is -1.59. The van der Waals surface area contributed by atoms with Gasteiger partial charge in [-0.15, -0.1) is 0 Å². The SMILES string of the molecule is CCCCCCCCCCCCCCCC(=O)NC(CCC(N)=O)C(=O)OC(C)C. The minimum Gasteiger partial charge on any atom is -0.461 e. The van der Waals surface area contributed by atoms with Crippen LogP contribution in [0.5, 0.6) is 0 Å². The summed E-state index contributed by atoms with van der Waals surface area (Å²) in [6.45, 7) is 5.75. The summed E-state index contributed by atoms with van der Waals surface area (Å²) >= 11 is 0. The molecule has 1 atom stereocenters. The third-order valence-corrected chi connectivity index (χ3v) is 5.16. The van der Waals surface area contributed by atoms with Gasteiger partial charge in [0.25, 0.3) is 0 Å². The lowest BCUT2D eigenvalue weighted by molar-refractivity contribution is -0.151. The van der Waals surface area contributed by atoms with E-state index in [2.05, 4.69) is 12.2 Å². The summed E-state index contributed by atoms with van der Waals surface area (Å²) in [6.07, 6.45) is 16.6. The maximum atomic E-state index is 12.2. The molecule has 1 unspecified atom stereocenters. The van der Waals surface area contributed by atoms with E-state index >= 15 is 0 Å². The summed E-state index contributed by atoms with van der Waals surface area (Å²) in [5, 5.41) is 2.70. The van der Waals surface area contributed by atoms with Crippen molar-refractivity contribution in [1.82, 2.24) is 5.32 Å². The Morgan fingerprint density at radius 1 is 0.767 bits per heavy atom. The summed E-state index contributed by atoms with van der Waals surface area (Å²) in [6, 6.07) is -0.811. The van der Waals surface area contributed by atoms with Crippen LogP contribution in [-0.4, -0.2) is 29.9 Å². The quantitative estimate of drug-likeness (QED) is 0.207. The lowest BCUT2D eigenvalue weighted by Crippen LogP contribution is -2.43. The van der Waals surface area contributed by atoms with Crippen molar-refractivity contribution in [2.75, 3.05) is 0 Å². The lowest BCUT2D eigenvalue weighted by atomic mass is 10.0. The Balaban J connectivity index is 3.79. The number of ether oxygens (including phenoxy) is 1. The molecule has 176 valence electrons. The van der Waals surface area contributed by atoms with Crippen molar-refractivity contribution < 1.29 is 19.1 Å². The minimum atomic E-state index is -0.811. The molecule has 0 bridgehead atoms. The van der Waals surface area contributed by atoms with Gasteiger partial charge in [0.1, 0.15) is 6.04 Å². The van der Waals surface area contributed by atoms with Crippen LogP contribution in [0.15, 0.2) is 0 Å². The highest BCUT2D eigenvalue weighted by Crippen LogP contribution is 2.13. The zero-order valence-corrected chi connectivity index (χ0v) is 19.7. The van der Waals surface area contributed by atoms with Crippen molar-refractivity contribution in [2.45, 2.75) is 136 Å². The second-order valence-electron chi connectivity index (χ2n) is 8.60. The molecule has 6 nitrogen and oxygen atoms in total. The third kappa shape index (κ3) is 18.4. The first-order chi connectivity index (χ1) is 14.4. The number of carbonyl (C=O) groups excluding carboxylic acids is 3. The van der Waals surface area contributed by atoms with Crippen LogP contribution >= 0.6 is 0 Å². The van der Waals surface area contributed by atoms with Crippen molar-refractivity contribution in [2.24, 2.45) is 5.73 Å². The van der Waals surface area contributed by atoms with E-state index in [-0.39, 0.29) is 24.9 Å². The van der Waals surface area contributed by atoms with Crippen LogP contribution in [-0.2, 0) is 19.1 Å². The lowest BCUT2D eigenvalue weighted by Gasteiger charge is -2.18. The van der Waals surface area contributed by atoms with E-state index in [1.54, 1.807) is 13.8 Å². The maximum Gasteiger partial charge on any atom is 0.328 e. The molecule has 0 radical (unpaired) electrons. The highest BCUT2D eigenvalue weighted by Gasteiger charge is 2.23. The van der Waals surface area contributed by atoms with Crippen molar-refractivity contribution >= 4 is 17.8 Å². The maximum absolute atomic E-state index is 12.2. The van der Waals surface area contributed by atoms with E-state index in [4.69, 9.17) is 10.5 Å². The number of rotatable bonds is 20. The van der Waals surface area contributed by atoms with E-state index in [0.717, 1.165) is 19.3 Å². The number of nitrogens with two attached hydrogens (primary N) is 1. The van der Waals surface area contributed by atoms with Crippen LogP contribution in [0.2, 0.25) is 0 Å². The first-order valence-corrected chi connectivity index (χ1v) is 12.1. The highest BCUT2D eigenvalue weighted by molar-refractivity contribution is 5.85. The molecule has 0 aliphatic carbocycles. The van der Waals surface area contributed by atoms with Crippen LogP contribution in [0.3, 0.4) is 0 Å². The topological polar surface area (TPSA) is 98.5 Å². The molecular formula is C24H46N2O4. The van der Waals surface area contributed by atoms with Gasteiger partial charge in [-0.05, 0) is 26.7 Å². The largest absolute Gasteiger partial charge is 0.461 e. The van der Waals surface area contributed by atoms with Gasteiger partial charge in [0.05, 0.1) is 6.10 Å². The summed E-state index contributed by atoms with van der Waals surface area (Å²) in [5.41, 5.74) is 5.16. The molecule has 0 heterocycles. The number of unbranched alkanes of at least 4 members (excludes halogenated alkanes) is 12. The molecular weight excluding hydrogens is 380 g/mol. The van der Waals surface area contributed by atoms with E-state index in [9.17, 15) is 14.4 Å². The molecule has 2 amide bonds. The van der Waals surface area contributed by atoms with Gasteiger partial charge >= 0.3 is 5.97 Å². The number of carbonyl (C=O) groups is 3. The Morgan fingerprint density at radius 3 is 1.67 bits per heavy atom. The monoisotopic (exact) mass is 426 g/mol. The van der Waals surface area contributed by atoms with Gasteiger partial charge in [-0.2, -0.15) is 0 Å². The average molecular weight is 427 g/mol. The molecule has 0 fully saturated rings. The zero-order valence-electron chi connectivity index (χ0n) is 19.7. The minimum absolute atomic E-state index is 0.0386. The van der Waals surface area contributed by atoms with Gasteiger partial charge in [0.2, 0.25) is 11.8 Å². The molecule has 0 spiro atoms. The Morgan fingerprint density at radius 2 is 1.23 bits per heavy atom. The standard InChI is InChI=1S/C24H46N2O4/c1-4-5-6-7-8-9-10-11-12-13-14-15-16-17-23(28)26-21(18-19-22(25)27)24(29)30-20(2)3/h20-21H,4-19H2,1-3H3,(H2,25,27)(H,26,28). The normalized spacial score (nSPS) is 12.0. The average Bonchev–Trinajstić information content (AvgIpc) is 2.68.